The SMILES string of the molecule is CNCC=Cc1ccc(OC(F)(F)F)cc1N. The smallest absolute Gasteiger partial charge is 0.406 e. The summed E-state index contributed by atoms with van der Waals surface area (Å²) in [6.45, 7) is 0.653. The number of nitrogens with two attached hydrogens (primary N) is 1. The molecule has 0 heterocycles. The van der Waals surface area contributed by atoms with Gasteiger partial charge in [0, 0.05) is 18.3 Å². The molecule has 0 amide bonds. The molecule has 1 aromatic carbocycles. The Morgan fingerprint density at radius 3 is 2.65 bits per heavy atom. The first-order chi connectivity index (χ1) is 7.92. The molecule has 6 heteroatoms. The number of hydrogen-bond acceptors (Lipinski definition) is 3. The summed E-state index contributed by atoms with van der Waals surface area (Å²) in [4.78, 5) is 0. The zero-order valence-corrected chi connectivity index (χ0v) is 9.21. The van der Waals surface area contributed by atoms with Crippen molar-refractivity contribution in [2.75, 3.05) is 19.3 Å². The number of nitrogens with one attached hydrogen (secondary N) is 1. The summed E-state index contributed by atoms with van der Waals surface area (Å²) in [5.41, 5.74) is 6.49. The number of rotatable bonds is 4. The van der Waals surface area contributed by atoms with E-state index < -0.39 is 6.36 Å². The largest absolute Gasteiger partial charge is 0.573 e. The van der Waals surface area contributed by atoms with E-state index in [1.165, 1.54) is 12.1 Å². The summed E-state index contributed by atoms with van der Waals surface area (Å²) < 4.78 is 39.6. The van der Waals surface area contributed by atoms with E-state index in [1.807, 2.05) is 6.08 Å². The summed E-state index contributed by atoms with van der Waals surface area (Å²) in [6.07, 6.45) is -1.16. The third kappa shape index (κ3) is 4.78. The molecule has 1 aromatic rings. The van der Waals surface area contributed by atoms with Gasteiger partial charge in [0.25, 0.3) is 0 Å². The molecule has 17 heavy (non-hydrogen) atoms. The quantitative estimate of drug-likeness (QED) is 0.802. The Kier molecular flexibility index (Phi) is 4.39. The van der Waals surface area contributed by atoms with E-state index in [2.05, 4.69) is 10.1 Å². The summed E-state index contributed by atoms with van der Waals surface area (Å²) >= 11 is 0. The number of hydrogen-bond donors (Lipinski definition) is 2. The number of ether oxygens (including phenoxy) is 1. The van der Waals surface area contributed by atoms with Gasteiger partial charge in [-0.15, -0.1) is 13.2 Å². The zero-order chi connectivity index (χ0) is 12.9. The zero-order valence-electron chi connectivity index (χ0n) is 9.21. The van der Waals surface area contributed by atoms with Gasteiger partial charge in [0.15, 0.2) is 0 Å². The molecule has 0 fully saturated rings. The fraction of sp³-hybridized carbons (Fsp3) is 0.273. The van der Waals surface area contributed by atoms with Crippen LogP contribution in [0.1, 0.15) is 5.56 Å². The van der Waals surface area contributed by atoms with Crippen molar-refractivity contribution < 1.29 is 17.9 Å². The van der Waals surface area contributed by atoms with Crippen molar-refractivity contribution in [3.63, 3.8) is 0 Å². The minimum absolute atomic E-state index is 0.235. The lowest BCUT2D eigenvalue weighted by Gasteiger charge is -2.10. The van der Waals surface area contributed by atoms with Crippen molar-refractivity contribution in [2.45, 2.75) is 6.36 Å². The van der Waals surface area contributed by atoms with Crippen LogP contribution in [0.2, 0.25) is 0 Å². The number of likely N-dealkylation sites (N-methyl/N-ethyl adjacent to an activating group) is 1. The Balaban J connectivity index is 2.79. The first kappa shape index (κ1) is 13.4. The summed E-state index contributed by atoms with van der Waals surface area (Å²) in [6, 6.07) is 3.85. The maximum absolute atomic E-state index is 11.9. The predicted octanol–water partition coefficient (Wildman–Crippen LogP) is 2.40. The van der Waals surface area contributed by atoms with E-state index in [4.69, 9.17) is 5.73 Å². The van der Waals surface area contributed by atoms with Crippen LogP contribution in [-0.2, 0) is 0 Å². The number of benzene rings is 1. The van der Waals surface area contributed by atoms with E-state index in [9.17, 15) is 13.2 Å². The number of anilines is 1. The van der Waals surface area contributed by atoms with Gasteiger partial charge in [-0.05, 0) is 24.7 Å². The Labute approximate surface area is 97.1 Å². The van der Waals surface area contributed by atoms with Crippen molar-refractivity contribution in [2.24, 2.45) is 0 Å². The van der Waals surface area contributed by atoms with E-state index in [1.54, 1.807) is 13.1 Å². The molecule has 0 aliphatic carbocycles. The number of alkyl halides is 3. The summed E-state index contributed by atoms with van der Waals surface area (Å²) in [7, 11) is 1.79. The fourth-order valence-corrected chi connectivity index (χ4v) is 1.21. The van der Waals surface area contributed by atoms with Gasteiger partial charge in [0.05, 0.1) is 0 Å². The van der Waals surface area contributed by atoms with Crippen LogP contribution in [0.15, 0.2) is 24.3 Å². The van der Waals surface area contributed by atoms with E-state index in [0.29, 0.717) is 12.1 Å². The fourth-order valence-electron chi connectivity index (χ4n) is 1.21. The summed E-state index contributed by atoms with van der Waals surface area (Å²) in [5, 5.41) is 2.90. The lowest BCUT2D eigenvalue weighted by Crippen LogP contribution is -2.17. The highest BCUT2D eigenvalue weighted by molar-refractivity contribution is 5.66. The molecule has 0 saturated heterocycles. The third-order valence-electron chi connectivity index (χ3n) is 1.91. The first-order valence-corrected chi connectivity index (χ1v) is 4.89. The molecular formula is C11H13F3N2O. The average Bonchev–Trinajstić information content (AvgIpc) is 2.19. The third-order valence-corrected chi connectivity index (χ3v) is 1.91. The van der Waals surface area contributed by atoms with Crippen LogP contribution in [0.3, 0.4) is 0 Å². The lowest BCUT2D eigenvalue weighted by molar-refractivity contribution is -0.274. The van der Waals surface area contributed by atoms with Gasteiger partial charge in [-0.3, -0.25) is 0 Å². The molecular weight excluding hydrogens is 233 g/mol. The molecule has 0 aliphatic rings. The van der Waals surface area contributed by atoms with Gasteiger partial charge in [0.2, 0.25) is 0 Å². The second-order valence-corrected chi connectivity index (χ2v) is 3.30. The molecule has 0 aliphatic heterocycles. The molecule has 94 valence electrons. The Hall–Kier alpha value is -1.69. The highest BCUT2D eigenvalue weighted by atomic mass is 19.4. The van der Waals surface area contributed by atoms with Crippen molar-refractivity contribution >= 4 is 11.8 Å². The topological polar surface area (TPSA) is 47.3 Å². The molecule has 3 N–H and O–H groups in total. The average molecular weight is 246 g/mol. The van der Waals surface area contributed by atoms with Crippen molar-refractivity contribution in [3.05, 3.63) is 29.8 Å². The second-order valence-electron chi connectivity index (χ2n) is 3.30. The summed E-state index contributed by atoms with van der Waals surface area (Å²) in [5.74, 6) is -0.319. The lowest BCUT2D eigenvalue weighted by atomic mass is 10.1. The van der Waals surface area contributed by atoms with Crippen molar-refractivity contribution in [1.82, 2.24) is 5.32 Å². The highest BCUT2D eigenvalue weighted by Crippen LogP contribution is 2.26. The second kappa shape index (κ2) is 5.58. The number of nitrogen functional groups attached to an aromatic ring is 1. The van der Waals surface area contributed by atoms with Gasteiger partial charge >= 0.3 is 6.36 Å². The van der Waals surface area contributed by atoms with Gasteiger partial charge in [-0.25, -0.2) is 0 Å². The maximum Gasteiger partial charge on any atom is 0.573 e. The Bertz CT molecular complexity index is 402. The standard InChI is InChI=1S/C11H13F3N2O/c1-16-6-2-3-8-4-5-9(7-10(8)15)17-11(12,13)14/h2-5,7,16H,6,15H2,1H3. The first-order valence-electron chi connectivity index (χ1n) is 4.89. The minimum atomic E-state index is -4.70. The van der Waals surface area contributed by atoms with E-state index in [0.717, 1.165) is 6.07 Å². The Morgan fingerprint density at radius 2 is 2.12 bits per heavy atom. The minimum Gasteiger partial charge on any atom is -0.406 e. The van der Waals surface area contributed by atoms with Crippen LogP contribution in [0, 0.1) is 0 Å². The van der Waals surface area contributed by atoms with E-state index in [-0.39, 0.29) is 11.4 Å². The van der Waals surface area contributed by atoms with Gasteiger partial charge < -0.3 is 15.8 Å². The molecule has 0 unspecified atom stereocenters. The van der Waals surface area contributed by atoms with Crippen LogP contribution in [0.4, 0.5) is 18.9 Å². The highest BCUT2D eigenvalue weighted by Gasteiger charge is 2.31. The molecule has 1 rings (SSSR count). The Morgan fingerprint density at radius 1 is 1.41 bits per heavy atom. The monoisotopic (exact) mass is 246 g/mol. The molecule has 0 radical (unpaired) electrons. The van der Waals surface area contributed by atoms with Crippen LogP contribution in [-0.4, -0.2) is 20.0 Å². The van der Waals surface area contributed by atoms with Crippen LogP contribution < -0.4 is 15.8 Å². The predicted molar refractivity (Wildman–Crippen MR) is 60.5 cm³/mol. The molecule has 0 saturated carbocycles. The maximum atomic E-state index is 11.9. The number of halogens is 3. The van der Waals surface area contributed by atoms with E-state index >= 15 is 0 Å². The molecule has 3 nitrogen and oxygen atoms in total. The molecule has 0 aromatic heterocycles. The van der Waals surface area contributed by atoms with Gasteiger partial charge in [-0.1, -0.05) is 12.2 Å². The van der Waals surface area contributed by atoms with Crippen molar-refractivity contribution in [1.29, 1.82) is 0 Å². The van der Waals surface area contributed by atoms with Crippen LogP contribution >= 0.6 is 0 Å². The molecule has 0 spiro atoms. The normalized spacial score (nSPS) is 12.0. The van der Waals surface area contributed by atoms with Gasteiger partial charge in [-0.2, -0.15) is 0 Å². The molecule has 0 atom stereocenters. The van der Waals surface area contributed by atoms with Crippen LogP contribution in [0.5, 0.6) is 5.75 Å². The van der Waals surface area contributed by atoms with Crippen molar-refractivity contribution in [3.8, 4) is 5.75 Å². The van der Waals surface area contributed by atoms with Gasteiger partial charge in [0.1, 0.15) is 5.75 Å². The molecule has 0 bridgehead atoms. The van der Waals surface area contributed by atoms with Crippen LogP contribution in [0.25, 0.3) is 6.08 Å².